The number of hydrogen-bond donors (Lipinski definition) is 1. The van der Waals surface area contributed by atoms with Crippen LogP contribution >= 0.6 is 0 Å². The van der Waals surface area contributed by atoms with Crippen molar-refractivity contribution < 1.29 is 0 Å². The van der Waals surface area contributed by atoms with Crippen LogP contribution in [0.25, 0.3) is 0 Å². The third-order valence-electron chi connectivity index (χ3n) is 1.54. The molecule has 1 rings (SSSR count). The van der Waals surface area contributed by atoms with Crippen LogP contribution in [-0.4, -0.2) is 18.9 Å². The summed E-state index contributed by atoms with van der Waals surface area (Å²) in [6.07, 6.45) is 0. The summed E-state index contributed by atoms with van der Waals surface area (Å²) in [6, 6.07) is 6.05. The molecule has 1 aromatic rings. The van der Waals surface area contributed by atoms with Crippen LogP contribution in [0.3, 0.4) is 0 Å². The zero-order chi connectivity index (χ0) is 6.85. The Morgan fingerprint density at radius 1 is 1.10 bits per heavy atom. The van der Waals surface area contributed by atoms with E-state index in [1.165, 1.54) is 0 Å². The minimum Gasteiger partial charge on any atom is -0.398 e. The van der Waals surface area contributed by atoms with Crippen molar-refractivity contribution in [3.63, 3.8) is 0 Å². The zero-order valence-corrected chi connectivity index (χ0v) is 6.81. The van der Waals surface area contributed by atoms with Gasteiger partial charge < -0.3 is 5.73 Å². The van der Waals surface area contributed by atoms with Crippen molar-refractivity contribution >= 4 is 24.5 Å². The maximum absolute atomic E-state index is 5.68. The first-order valence-electron chi connectivity index (χ1n) is 3.03. The van der Waals surface area contributed by atoms with Crippen LogP contribution in [-0.2, 0) is 0 Å². The van der Waals surface area contributed by atoms with Gasteiger partial charge in [-0.25, -0.2) is 0 Å². The van der Waals surface area contributed by atoms with E-state index in [0.29, 0.717) is 0 Å². The van der Waals surface area contributed by atoms with E-state index >= 15 is 0 Å². The molecule has 0 bridgehead atoms. The molecular weight excluding hydrogens is 117 g/mol. The van der Waals surface area contributed by atoms with Crippen LogP contribution in [0.1, 0.15) is 11.1 Å². The summed E-state index contributed by atoms with van der Waals surface area (Å²) in [5, 5.41) is 0. The predicted octanol–water partition coefficient (Wildman–Crippen LogP) is 1.50. The maximum Gasteiger partial charge on any atom is 0.0373 e. The van der Waals surface area contributed by atoms with E-state index in [9.17, 15) is 0 Å². The fraction of sp³-hybridized carbons (Fsp3) is 0.250. The molecule has 0 heterocycles. The number of aryl methyl sites for hydroxylation is 2. The number of para-hydroxylation sites is 1. The average molecular weight is 128 g/mol. The van der Waals surface area contributed by atoms with Crippen LogP contribution in [0.2, 0.25) is 0 Å². The molecule has 0 saturated carbocycles. The number of nitrogens with two attached hydrogens (primary N) is 1. The van der Waals surface area contributed by atoms with Crippen LogP contribution in [0.4, 0.5) is 5.69 Å². The van der Waals surface area contributed by atoms with Crippen LogP contribution < -0.4 is 5.73 Å². The molecule has 49 valence electrons. The molecule has 0 atom stereocenters. The molecule has 0 spiro atoms. The number of anilines is 1. The minimum atomic E-state index is 0. The summed E-state index contributed by atoms with van der Waals surface area (Å²) in [5.41, 5.74) is 8.92. The van der Waals surface area contributed by atoms with Crippen LogP contribution in [0.15, 0.2) is 18.2 Å². The van der Waals surface area contributed by atoms with Gasteiger partial charge in [-0.1, -0.05) is 18.2 Å². The van der Waals surface area contributed by atoms with E-state index in [4.69, 9.17) is 5.73 Å². The van der Waals surface area contributed by atoms with Gasteiger partial charge in [0.05, 0.1) is 0 Å². The van der Waals surface area contributed by atoms with Gasteiger partial charge in [0.25, 0.3) is 0 Å². The van der Waals surface area contributed by atoms with E-state index in [2.05, 4.69) is 0 Å². The molecule has 0 aliphatic rings. The standard InChI is InChI=1S/C8H11N.Li/c1-6-4-3-5-7(2)8(6)9;/h3-5H,9H2,1-2H3;. The topological polar surface area (TPSA) is 26.0 Å². The quantitative estimate of drug-likeness (QED) is 0.416. The second kappa shape index (κ2) is 3.70. The van der Waals surface area contributed by atoms with Gasteiger partial charge in [0.15, 0.2) is 0 Å². The number of benzene rings is 1. The van der Waals surface area contributed by atoms with Crippen molar-refractivity contribution in [3.8, 4) is 0 Å². The Kier molecular flexibility index (Phi) is 3.56. The van der Waals surface area contributed by atoms with E-state index in [-0.39, 0.29) is 18.9 Å². The van der Waals surface area contributed by atoms with Gasteiger partial charge >= 0.3 is 0 Å². The first kappa shape index (κ1) is 9.62. The molecule has 1 aromatic carbocycles. The summed E-state index contributed by atoms with van der Waals surface area (Å²) in [7, 11) is 0. The Hall–Kier alpha value is -0.383. The number of hydrogen-bond acceptors (Lipinski definition) is 1. The molecule has 10 heavy (non-hydrogen) atoms. The molecule has 1 nitrogen and oxygen atoms in total. The Morgan fingerprint density at radius 2 is 1.50 bits per heavy atom. The molecule has 0 aliphatic heterocycles. The smallest absolute Gasteiger partial charge is 0.0373 e. The molecule has 0 unspecified atom stereocenters. The van der Waals surface area contributed by atoms with Gasteiger partial charge in [0.2, 0.25) is 0 Å². The second-order valence-electron chi connectivity index (χ2n) is 2.31. The van der Waals surface area contributed by atoms with Crippen molar-refractivity contribution in [1.82, 2.24) is 0 Å². The molecule has 0 fully saturated rings. The summed E-state index contributed by atoms with van der Waals surface area (Å²) in [4.78, 5) is 0. The van der Waals surface area contributed by atoms with Crippen molar-refractivity contribution in [2.24, 2.45) is 0 Å². The molecular formula is C8H11LiN. The fourth-order valence-corrected chi connectivity index (χ4v) is 0.827. The third-order valence-corrected chi connectivity index (χ3v) is 1.54. The average Bonchev–Trinajstić information content (AvgIpc) is 1.83. The predicted molar refractivity (Wildman–Crippen MR) is 46.1 cm³/mol. The first-order valence-corrected chi connectivity index (χ1v) is 3.03. The van der Waals surface area contributed by atoms with E-state index in [1.807, 2.05) is 32.0 Å². The van der Waals surface area contributed by atoms with E-state index in [1.54, 1.807) is 0 Å². The first-order chi connectivity index (χ1) is 4.22. The van der Waals surface area contributed by atoms with Gasteiger partial charge in [-0.05, 0) is 25.0 Å². The molecule has 0 aliphatic carbocycles. The Labute approximate surface area is 73.8 Å². The molecule has 0 amide bonds. The van der Waals surface area contributed by atoms with Gasteiger partial charge in [-0.15, -0.1) is 0 Å². The molecule has 2 heteroatoms. The Balaban J connectivity index is 0.000000810. The van der Waals surface area contributed by atoms with E-state index < -0.39 is 0 Å². The minimum absolute atomic E-state index is 0. The van der Waals surface area contributed by atoms with Crippen molar-refractivity contribution in [2.45, 2.75) is 13.8 Å². The van der Waals surface area contributed by atoms with Gasteiger partial charge in [0, 0.05) is 24.5 Å². The summed E-state index contributed by atoms with van der Waals surface area (Å²) in [5.74, 6) is 0. The summed E-state index contributed by atoms with van der Waals surface area (Å²) >= 11 is 0. The Bertz CT molecular complexity index is 200. The van der Waals surface area contributed by atoms with Crippen molar-refractivity contribution in [2.75, 3.05) is 5.73 Å². The van der Waals surface area contributed by atoms with Crippen LogP contribution in [0, 0.1) is 13.8 Å². The number of nitrogen functional groups attached to an aromatic ring is 1. The monoisotopic (exact) mass is 128 g/mol. The third kappa shape index (κ3) is 1.80. The van der Waals surface area contributed by atoms with Crippen LogP contribution in [0.5, 0.6) is 0 Å². The molecule has 0 aromatic heterocycles. The Morgan fingerprint density at radius 3 is 1.80 bits per heavy atom. The van der Waals surface area contributed by atoms with E-state index in [0.717, 1.165) is 16.8 Å². The normalized spacial score (nSPS) is 8.60. The zero-order valence-electron chi connectivity index (χ0n) is 6.81. The number of rotatable bonds is 0. The fourth-order valence-electron chi connectivity index (χ4n) is 0.827. The van der Waals surface area contributed by atoms with Gasteiger partial charge in [-0.3, -0.25) is 0 Å². The summed E-state index contributed by atoms with van der Waals surface area (Å²) < 4.78 is 0. The molecule has 0 saturated heterocycles. The molecule has 1 radical (unpaired) electrons. The SMILES string of the molecule is Cc1cccc(C)c1N.[Li]. The molecule has 2 N–H and O–H groups in total. The van der Waals surface area contributed by atoms with Crippen molar-refractivity contribution in [1.29, 1.82) is 0 Å². The largest absolute Gasteiger partial charge is 0.398 e. The summed E-state index contributed by atoms with van der Waals surface area (Å²) in [6.45, 7) is 4.03. The second-order valence-corrected chi connectivity index (χ2v) is 2.31. The van der Waals surface area contributed by atoms with Gasteiger partial charge in [0.1, 0.15) is 0 Å². The van der Waals surface area contributed by atoms with Gasteiger partial charge in [-0.2, -0.15) is 0 Å². The maximum atomic E-state index is 5.68. The van der Waals surface area contributed by atoms with Crippen molar-refractivity contribution in [3.05, 3.63) is 29.3 Å².